The van der Waals surface area contributed by atoms with Crippen molar-refractivity contribution in [3.05, 3.63) is 70.5 Å². The molecule has 1 N–H and O–H groups in total. The lowest BCUT2D eigenvalue weighted by Crippen LogP contribution is -2.20. The van der Waals surface area contributed by atoms with Gasteiger partial charge in [0.2, 0.25) is 0 Å². The third-order valence-electron chi connectivity index (χ3n) is 4.03. The summed E-state index contributed by atoms with van der Waals surface area (Å²) in [7, 11) is 0. The minimum atomic E-state index is -4.76. The van der Waals surface area contributed by atoms with Crippen LogP contribution in [-0.2, 0) is 12.7 Å². The van der Waals surface area contributed by atoms with Crippen molar-refractivity contribution < 1.29 is 23.1 Å². The lowest BCUT2D eigenvalue weighted by Gasteiger charge is -2.14. The summed E-state index contributed by atoms with van der Waals surface area (Å²) in [4.78, 5) is 19.7. The van der Waals surface area contributed by atoms with E-state index in [0.29, 0.717) is 15.2 Å². The first-order chi connectivity index (χ1) is 12.7. The van der Waals surface area contributed by atoms with Crippen molar-refractivity contribution in [1.29, 1.82) is 0 Å². The van der Waals surface area contributed by atoms with E-state index in [-0.39, 0.29) is 17.0 Å². The molecule has 0 aliphatic heterocycles. The average Bonchev–Trinajstić information content (AvgIpc) is 2.89. The molecule has 0 aliphatic carbocycles. The molecule has 0 aliphatic rings. The maximum absolute atomic E-state index is 13.8. The number of carboxylic acids is 1. The molecule has 2 heterocycles. The zero-order chi connectivity index (χ0) is 19.8. The zero-order valence-corrected chi connectivity index (χ0v) is 14.7. The number of hydrogen-bond acceptors (Lipinski definition) is 3. The number of aromatic nitrogens is 3. The van der Waals surface area contributed by atoms with Crippen molar-refractivity contribution in [2.75, 3.05) is 0 Å². The van der Waals surface area contributed by atoms with Crippen LogP contribution in [0.3, 0.4) is 0 Å². The minimum absolute atomic E-state index is 0.0116. The predicted octanol–water partition coefficient (Wildman–Crippen LogP) is 4.67. The number of carboxylic acid groups (broad SMARTS) is 1. The summed E-state index contributed by atoms with van der Waals surface area (Å²) in [5, 5.41) is 10.1. The molecule has 27 heavy (non-hydrogen) atoms. The summed E-state index contributed by atoms with van der Waals surface area (Å²) >= 11 is 5.84. The summed E-state index contributed by atoms with van der Waals surface area (Å²) < 4.78 is 42.0. The smallest absolute Gasteiger partial charge is 0.431 e. The van der Waals surface area contributed by atoms with E-state index in [4.69, 9.17) is 11.6 Å². The highest BCUT2D eigenvalue weighted by Crippen LogP contribution is 2.41. The Morgan fingerprint density at radius 2 is 1.78 bits per heavy atom. The fourth-order valence-corrected chi connectivity index (χ4v) is 3.14. The highest BCUT2D eigenvalue weighted by molar-refractivity contribution is 6.30. The van der Waals surface area contributed by atoms with Gasteiger partial charge in [-0.05, 0) is 36.2 Å². The molecule has 9 heteroatoms. The number of nitrogens with zero attached hydrogens (tertiary/aromatic N) is 3. The molecule has 0 radical (unpaired) electrons. The fraction of sp³-hybridized carbons (Fsp3) is 0.167. The van der Waals surface area contributed by atoms with Crippen LogP contribution in [0.1, 0.15) is 27.6 Å². The highest BCUT2D eigenvalue weighted by Gasteiger charge is 2.41. The second kappa shape index (κ2) is 7.03. The van der Waals surface area contributed by atoms with Gasteiger partial charge in [-0.15, -0.1) is 0 Å². The Kier molecular flexibility index (Phi) is 4.93. The fourth-order valence-electron chi connectivity index (χ4n) is 3.01. The first-order valence-electron chi connectivity index (χ1n) is 7.75. The Morgan fingerprint density at radius 3 is 2.30 bits per heavy atom. The maximum Gasteiger partial charge on any atom is 0.431 e. The van der Waals surface area contributed by atoms with Crippen LogP contribution >= 0.6 is 11.6 Å². The van der Waals surface area contributed by atoms with E-state index in [1.54, 1.807) is 0 Å². The molecule has 140 valence electrons. The molecule has 0 atom stereocenters. The standard InChI is InChI=1S/C18H13ClF3N3O2/c1-10-14(11-3-5-12(19)6-4-11)15(17(26)27)25(16(10)18(20,21)22)9-13-23-7-2-8-24-13/h2-8H,9H2,1H3,(H,26,27). The number of alkyl halides is 3. The summed E-state index contributed by atoms with van der Waals surface area (Å²) in [5.41, 5.74) is -1.39. The van der Waals surface area contributed by atoms with E-state index in [1.807, 2.05) is 0 Å². The van der Waals surface area contributed by atoms with Crippen molar-refractivity contribution in [1.82, 2.24) is 14.5 Å². The van der Waals surface area contributed by atoms with Gasteiger partial charge in [-0.2, -0.15) is 13.2 Å². The lowest BCUT2D eigenvalue weighted by atomic mass is 10.0. The second-order valence-corrected chi connectivity index (χ2v) is 6.19. The van der Waals surface area contributed by atoms with Crippen molar-refractivity contribution in [3.8, 4) is 11.1 Å². The van der Waals surface area contributed by atoms with Gasteiger partial charge in [0.1, 0.15) is 17.2 Å². The van der Waals surface area contributed by atoms with Gasteiger partial charge in [0, 0.05) is 23.0 Å². The monoisotopic (exact) mass is 395 g/mol. The Balaban J connectivity index is 2.31. The van der Waals surface area contributed by atoms with Crippen molar-refractivity contribution in [3.63, 3.8) is 0 Å². The van der Waals surface area contributed by atoms with Crippen molar-refractivity contribution in [2.24, 2.45) is 0 Å². The summed E-state index contributed by atoms with van der Waals surface area (Å²) in [6.45, 7) is 0.827. The van der Waals surface area contributed by atoms with Gasteiger partial charge in [0.15, 0.2) is 0 Å². The van der Waals surface area contributed by atoms with E-state index in [1.165, 1.54) is 49.6 Å². The van der Waals surface area contributed by atoms with Crippen LogP contribution in [0.15, 0.2) is 42.7 Å². The van der Waals surface area contributed by atoms with E-state index < -0.39 is 30.1 Å². The Hall–Kier alpha value is -2.87. The molecule has 0 spiro atoms. The van der Waals surface area contributed by atoms with Gasteiger partial charge in [-0.1, -0.05) is 23.7 Å². The Labute approximate surface area is 157 Å². The van der Waals surface area contributed by atoms with Gasteiger partial charge in [0.05, 0.1) is 6.54 Å². The molecular weight excluding hydrogens is 383 g/mol. The number of carbonyl (C=O) groups is 1. The molecule has 1 aromatic carbocycles. The van der Waals surface area contributed by atoms with Crippen LogP contribution in [0, 0.1) is 6.92 Å². The van der Waals surface area contributed by atoms with Crippen LogP contribution in [0.5, 0.6) is 0 Å². The summed E-state index contributed by atoms with van der Waals surface area (Å²) in [6, 6.07) is 7.48. The van der Waals surface area contributed by atoms with Crippen LogP contribution in [0.25, 0.3) is 11.1 Å². The SMILES string of the molecule is Cc1c(-c2ccc(Cl)cc2)c(C(=O)O)n(Cc2ncccn2)c1C(F)(F)F. The number of halogens is 4. The summed E-state index contributed by atoms with van der Waals surface area (Å²) in [6.07, 6.45) is -1.99. The molecule has 3 aromatic rings. The maximum atomic E-state index is 13.8. The molecular formula is C18H13ClF3N3O2. The third-order valence-corrected chi connectivity index (χ3v) is 4.28. The van der Waals surface area contributed by atoms with E-state index in [9.17, 15) is 23.1 Å². The van der Waals surface area contributed by atoms with E-state index in [2.05, 4.69) is 9.97 Å². The molecule has 0 unspecified atom stereocenters. The molecule has 3 rings (SSSR count). The Morgan fingerprint density at radius 1 is 1.19 bits per heavy atom. The highest BCUT2D eigenvalue weighted by atomic mass is 35.5. The first kappa shape index (κ1) is 18.9. The van der Waals surface area contributed by atoms with Gasteiger partial charge in [-0.25, -0.2) is 14.8 Å². The second-order valence-electron chi connectivity index (χ2n) is 5.76. The minimum Gasteiger partial charge on any atom is -0.477 e. The molecule has 0 saturated carbocycles. The van der Waals surface area contributed by atoms with Crippen molar-refractivity contribution in [2.45, 2.75) is 19.6 Å². The van der Waals surface area contributed by atoms with Gasteiger partial charge in [-0.3, -0.25) is 0 Å². The zero-order valence-electron chi connectivity index (χ0n) is 14.0. The van der Waals surface area contributed by atoms with Gasteiger partial charge >= 0.3 is 12.1 Å². The quantitative estimate of drug-likeness (QED) is 0.697. The average molecular weight is 396 g/mol. The molecule has 0 fully saturated rings. The number of aromatic carboxylic acids is 1. The molecule has 5 nitrogen and oxygen atoms in total. The number of rotatable bonds is 4. The van der Waals surface area contributed by atoms with Crippen LogP contribution in [-0.4, -0.2) is 25.6 Å². The van der Waals surface area contributed by atoms with Crippen molar-refractivity contribution >= 4 is 17.6 Å². The van der Waals surface area contributed by atoms with Crippen LogP contribution < -0.4 is 0 Å². The van der Waals surface area contributed by atoms with Crippen LogP contribution in [0.4, 0.5) is 13.2 Å². The number of hydrogen-bond donors (Lipinski definition) is 1. The Bertz CT molecular complexity index is 984. The lowest BCUT2D eigenvalue weighted by molar-refractivity contribution is -0.143. The van der Waals surface area contributed by atoms with E-state index >= 15 is 0 Å². The largest absolute Gasteiger partial charge is 0.477 e. The third kappa shape index (κ3) is 3.66. The van der Waals surface area contributed by atoms with E-state index in [0.717, 1.165) is 0 Å². The summed E-state index contributed by atoms with van der Waals surface area (Å²) in [5.74, 6) is -1.40. The topological polar surface area (TPSA) is 68.0 Å². The number of benzene rings is 1. The molecule has 0 bridgehead atoms. The molecule has 2 aromatic heterocycles. The van der Waals surface area contributed by atoms with Gasteiger partial charge in [0.25, 0.3) is 0 Å². The van der Waals surface area contributed by atoms with Gasteiger partial charge < -0.3 is 9.67 Å². The van der Waals surface area contributed by atoms with Crippen LogP contribution in [0.2, 0.25) is 5.02 Å². The molecule has 0 saturated heterocycles. The first-order valence-corrected chi connectivity index (χ1v) is 8.13. The normalized spacial score (nSPS) is 11.6. The predicted molar refractivity (Wildman–Crippen MR) is 92.7 cm³/mol. The molecule has 0 amide bonds.